The topological polar surface area (TPSA) is 61.8 Å². The number of carbonyl (C=O) groups excluding carboxylic acids is 1. The Bertz CT molecular complexity index is 328. The highest BCUT2D eigenvalue weighted by molar-refractivity contribution is 5.68. The molecule has 0 radical (unpaired) electrons. The van der Waals surface area contributed by atoms with Gasteiger partial charge in [-0.3, -0.25) is 0 Å². The minimum absolute atomic E-state index is 0.197. The predicted molar refractivity (Wildman–Crippen MR) is 84.3 cm³/mol. The molecule has 1 amide bonds. The van der Waals surface area contributed by atoms with Gasteiger partial charge in [0.05, 0.1) is 0 Å². The first-order valence-electron chi connectivity index (χ1n) is 8.11. The van der Waals surface area contributed by atoms with Crippen LogP contribution in [0.4, 0.5) is 4.79 Å². The Balaban J connectivity index is 2.58. The number of hydrogen-bond donors (Lipinski definition) is 2. The van der Waals surface area contributed by atoms with E-state index < -0.39 is 5.60 Å². The fourth-order valence-electron chi connectivity index (χ4n) is 2.64. The molecule has 0 bridgehead atoms. The van der Waals surface area contributed by atoms with Crippen LogP contribution in [0.15, 0.2) is 0 Å². The van der Waals surface area contributed by atoms with E-state index in [1.165, 1.54) is 0 Å². The maximum Gasteiger partial charge on any atom is 0.410 e. The summed E-state index contributed by atoms with van der Waals surface area (Å²) in [5.74, 6) is 0.524. The summed E-state index contributed by atoms with van der Waals surface area (Å²) < 4.78 is 5.46. The lowest BCUT2D eigenvalue weighted by Gasteiger charge is -2.39. The molecule has 0 saturated carbocycles. The van der Waals surface area contributed by atoms with E-state index in [1.54, 1.807) is 4.90 Å². The summed E-state index contributed by atoms with van der Waals surface area (Å²) in [7, 11) is 0. The van der Waals surface area contributed by atoms with Gasteiger partial charge in [-0.2, -0.15) is 0 Å². The summed E-state index contributed by atoms with van der Waals surface area (Å²) in [5, 5.41) is 12.7. The molecule has 1 aliphatic rings. The minimum Gasteiger partial charge on any atom is -0.444 e. The smallest absolute Gasteiger partial charge is 0.410 e. The third kappa shape index (κ3) is 6.22. The molecule has 0 aromatic rings. The molecule has 1 rings (SSSR count). The van der Waals surface area contributed by atoms with Crippen LogP contribution in [0.25, 0.3) is 0 Å². The van der Waals surface area contributed by atoms with Gasteiger partial charge in [0.2, 0.25) is 0 Å². The molecule has 1 aliphatic heterocycles. The molecular formula is C16H32N2O3. The maximum absolute atomic E-state index is 12.2. The van der Waals surface area contributed by atoms with E-state index >= 15 is 0 Å². The fourth-order valence-corrected chi connectivity index (χ4v) is 2.64. The van der Waals surface area contributed by atoms with E-state index in [0.29, 0.717) is 18.5 Å². The lowest BCUT2D eigenvalue weighted by molar-refractivity contribution is 0.0139. The molecule has 124 valence electrons. The van der Waals surface area contributed by atoms with Crippen molar-refractivity contribution in [2.75, 3.05) is 19.7 Å². The molecule has 0 aromatic carbocycles. The summed E-state index contributed by atoms with van der Waals surface area (Å²) >= 11 is 0. The van der Waals surface area contributed by atoms with Gasteiger partial charge in [-0.15, -0.1) is 0 Å². The molecule has 5 nitrogen and oxygen atoms in total. The van der Waals surface area contributed by atoms with Crippen molar-refractivity contribution in [3.8, 4) is 0 Å². The third-order valence-electron chi connectivity index (χ3n) is 4.03. The van der Waals surface area contributed by atoms with E-state index in [0.717, 1.165) is 25.8 Å². The fraction of sp³-hybridized carbons (Fsp3) is 0.938. The molecule has 3 atom stereocenters. The van der Waals surface area contributed by atoms with Crippen LogP contribution in [0.5, 0.6) is 0 Å². The number of amides is 1. The molecule has 5 heteroatoms. The van der Waals surface area contributed by atoms with Gasteiger partial charge in [0.25, 0.3) is 0 Å². The average molecular weight is 300 g/mol. The minimum atomic E-state index is -0.452. The number of nitrogens with one attached hydrogen (secondary N) is 1. The van der Waals surface area contributed by atoms with Crippen molar-refractivity contribution in [2.24, 2.45) is 5.92 Å². The Morgan fingerprint density at radius 2 is 2.14 bits per heavy atom. The number of likely N-dealkylation sites (tertiary alicyclic amines) is 1. The zero-order valence-corrected chi connectivity index (χ0v) is 14.2. The van der Waals surface area contributed by atoms with Crippen LogP contribution in [-0.2, 0) is 4.74 Å². The van der Waals surface area contributed by atoms with Crippen molar-refractivity contribution >= 4 is 6.09 Å². The Kier molecular flexibility index (Phi) is 6.94. The van der Waals surface area contributed by atoms with Gasteiger partial charge < -0.3 is 20.1 Å². The van der Waals surface area contributed by atoms with Gasteiger partial charge in [-0.05, 0) is 46.0 Å². The first-order valence-corrected chi connectivity index (χ1v) is 8.11. The Hall–Kier alpha value is -0.810. The molecule has 3 unspecified atom stereocenters. The largest absolute Gasteiger partial charge is 0.444 e. The standard InChI is InChI=1S/C16H32N2O3/c1-6-13(8-10-19)17-14-11-18(9-7-12(14)2)15(20)21-16(3,4)5/h12-14,17,19H,6-11H2,1-5H3. The molecule has 1 saturated heterocycles. The summed E-state index contributed by atoms with van der Waals surface area (Å²) in [5.41, 5.74) is -0.452. The SMILES string of the molecule is CCC(CCO)NC1CN(C(=O)OC(C)(C)C)CCC1C. The average Bonchev–Trinajstić information content (AvgIpc) is 2.38. The van der Waals surface area contributed by atoms with Gasteiger partial charge in [0.1, 0.15) is 5.60 Å². The second kappa shape index (κ2) is 7.99. The van der Waals surface area contributed by atoms with Gasteiger partial charge >= 0.3 is 6.09 Å². The van der Waals surface area contributed by atoms with Crippen LogP contribution in [-0.4, -0.2) is 53.5 Å². The lowest BCUT2D eigenvalue weighted by atomic mass is 9.92. The van der Waals surface area contributed by atoms with Crippen molar-refractivity contribution in [3.05, 3.63) is 0 Å². The van der Waals surface area contributed by atoms with Gasteiger partial charge in [0.15, 0.2) is 0 Å². The Morgan fingerprint density at radius 3 is 2.67 bits per heavy atom. The van der Waals surface area contributed by atoms with E-state index in [-0.39, 0.29) is 18.7 Å². The van der Waals surface area contributed by atoms with Crippen molar-refractivity contribution in [2.45, 2.75) is 71.6 Å². The zero-order chi connectivity index (χ0) is 16.0. The quantitative estimate of drug-likeness (QED) is 0.818. The second-order valence-corrected chi connectivity index (χ2v) is 7.08. The predicted octanol–water partition coefficient (Wildman–Crippen LogP) is 2.38. The summed E-state index contributed by atoms with van der Waals surface area (Å²) in [6.45, 7) is 11.6. The van der Waals surface area contributed by atoms with E-state index in [2.05, 4.69) is 19.2 Å². The number of nitrogens with zero attached hydrogens (tertiary/aromatic N) is 1. The molecule has 0 aliphatic carbocycles. The Morgan fingerprint density at radius 1 is 1.48 bits per heavy atom. The van der Waals surface area contributed by atoms with Crippen LogP contribution in [0.2, 0.25) is 0 Å². The van der Waals surface area contributed by atoms with Crippen molar-refractivity contribution in [1.82, 2.24) is 10.2 Å². The number of rotatable bonds is 5. The highest BCUT2D eigenvalue weighted by Gasteiger charge is 2.32. The highest BCUT2D eigenvalue weighted by Crippen LogP contribution is 2.20. The van der Waals surface area contributed by atoms with Crippen molar-refractivity contribution in [1.29, 1.82) is 0 Å². The molecule has 1 fully saturated rings. The van der Waals surface area contributed by atoms with E-state index in [9.17, 15) is 4.79 Å². The molecular weight excluding hydrogens is 268 g/mol. The highest BCUT2D eigenvalue weighted by atomic mass is 16.6. The number of piperidine rings is 1. The molecule has 21 heavy (non-hydrogen) atoms. The van der Waals surface area contributed by atoms with E-state index in [4.69, 9.17) is 9.84 Å². The summed E-state index contributed by atoms with van der Waals surface area (Å²) in [4.78, 5) is 14.0. The van der Waals surface area contributed by atoms with Crippen molar-refractivity contribution in [3.63, 3.8) is 0 Å². The summed E-state index contributed by atoms with van der Waals surface area (Å²) in [6, 6.07) is 0.573. The molecule has 0 aromatic heterocycles. The van der Waals surface area contributed by atoms with Crippen molar-refractivity contribution < 1.29 is 14.6 Å². The van der Waals surface area contributed by atoms with Crippen LogP contribution < -0.4 is 5.32 Å². The van der Waals surface area contributed by atoms with Crippen LogP contribution in [0.3, 0.4) is 0 Å². The number of aliphatic hydroxyl groups excluding tert-OH is 1. The van der Waals surface area contributed by atoms with Gasteiger partial charge in [-0.1, -0.05) is 13.8 Å². The van der Waals surface area contributed by atoms with Crippen LogP contribution in [0.1, 0.15) is 53.9 Å². The van der Waals surface area contributed by atoms with E-state index in [1.807, 2.05) is 20.8 Å². The number of carbonyl (C=O) groups is 1. The van der Waals surface area contributed by atoms with Gasteiger partial charge in [-0.25, -0.2) is 4.79 Å². The number of ether oxygens (including phenoxy) is 1. The lowest BCUT2D eigenvalue weighted by Crippen LogP contribution is -2.55. The zero-order valence-electron chi connectivity index (χ0n) is 14.2. The normalized spacial score (nSPS) is 24.8. The Labute approximate surface area is 129 Å². The molecule has 2 N–H and O–H groups in total. The number of hydrogen-bond acceptors (Lipinski definition) is 4. The number of aliphatic hydroxyl groups is 1. The van der Waals surface area contributed by atoms with Gasteiger partial charge in [0, 0.05) is 31.8 Å². The second-order valence-electron chi connectivity index (χ2n) is 7.08. The monoisotopic (exact) mass is 300 g/mol. The first kappa shape index (κ1) is 18.2. The third-order valence-corrected chi connectivity index (χ3v) is 4.03. The maximum atomic E-state index is 12.2. The molecule has 0 spiro atoms. The summed E-state index contributed by atoms with van der Waals surface area (Å²) in [6.07, 6.45) is 2.49. The molecule has 1 heterocycles. The van der Waals surface area contributed by atoms with Crippen LogP contribution >= 0.6 is 0 Å². The first-order chi connectivity index (χ1) is 9.76. The van der Waals surface area contributed by atoms with Crippen LogP contribution in [0, 0.1) is 5.92 Å².